The molecule has 0 bridgehead atoms. The van der Waals surface area contributed by atoms with Crippen LogP contribution in [0.4, 0.5) is 0 Å². The lowest BCUT2D eigenvalue weighted by Gasteiger charge is -2.37. The summed E-state index contributed by atoms with van der Waals surface area (Å²) in [6.07, 6.45) is 5.56. The molecule has 17 heavy (non-hydrogen) atoms. The molecule has 1 aliphatic heterocycles. The van der Waals surface area contributed by atoms with Gasteiger partial charge in [-0.15, -0.1) is 0 Å². The zero-order valence-electron chi connectivity index (χ0n) is 10.6. The normalized spacial score (nSPS) is 37.5. The van der Waals surface area contributed by atoms with Gasteiger partial charge in [0.05, 0.1) is 11.5 Å². The second kappa shape index (κ2) is 5.24. The quantitative estimate of drug-likeness (QED) is 0.808. The highest BCUT2D eigenvalue weighted by atomic mass is 32.2. The van der Waals surface area contributed by atoms with Crippen LogP contribution in [0.5, 0.6) is 0 Å². The van der Waals surface area contributed by atoms with Crippen LogP contribution in [-0.4, -0.2) is 50.5 Å². The second-order valence-electron chi connectivity index (χ2n) is 5.63. The third-order valence-electron chi connectivity index (χ3n) is 4.51. The largest absolute Gasteiger partial charge is 0.330 e. The first kappa shape index (κ1) is 13.3. The number of rotatable bonds is 3. The minimum Gasteiger partial charge on any atom is -0.330 e. The zero-order chi connectivity index (χ0) is 12.5. The molecule has 0 aromatic heterocycles. The lowest BCUT2D eigenvalue weighted by atomic mass is 9.85. The third kappa shape index (κ3) is 3.20. The molecule has 0 amide bonds. The van der Waals surface area contributed by atoms with Crippen molar-refractivity contribution in [3.8, 4) is 0 Å². The first-order valence-electron chi connectivity index (χ1n) is 6.64. The summed E-state index contributed by atoms with van der Waals surface area (Å²) in [5.74, 6) is 1.42. The van der Waals surface area contributed by atoms with Gasteiger partial charge >= 0.3 is 0 Å². The molecule has 0 spiro atoms. The Hall–Kier alpha value is -0.130. The van der Waals surface area contributed by atoms with E-state index in [-0.39, 0.29) is 6.04 Å². The van der Waals surface area contributed by atoms with Gasteiger partial charge in [-0.25, -0.2) is 8.42 Å². The fraction of sp³-hybridized carbons (Fsp3) is 1.00. The summed E-state index contributed by atoms with van der Waals surface area (Å²) in [7, 11) is -0.660. The van der Waals surface area contributed by atoms with Gasteiger partial charge < -0.3 is 5.73 Å². The smallest absolute Gasteiger partial charge is 0.151 e. The van der Waals surface area contributed by atoms with Crippen molar-refractivity contribution in [3.05, 3.63) is 0 Å². The van der Waals surface area contributed by atoms with Gasteiger partial charge in [0.15, 0.2) is 9.84 Å². The molecule has 2 aliphatic rings. The van der Waals surface area contributed by atoms with E-state index >= 15 is 0 Å². The Morgan fingerprint density at radius 3 is 2.24 bits per heavy atom. The highest BCUT2D eigenvalue weighted by molar-refractivity contribution is 7.91. The molecule has 1 unspecified atom stereocenters. The predicted molar refractivity (Wildman–Crippen MR) is 69.6 cm³/mol. The van der Waals surface area contributed by atoms with Crippen molar-refractivity contribution < 1.29 is 8.42 Å². The predicted octanol–water partition coefficient (Wildman–Crippen LogP) is 0.623. The monoisotopic (exact) mass is 260 g/mol. The molecule has 2 rings (SSSR count). The number of hydrogen-bond acceptors (Lipinski definition) is 4. The summed E-state index contributed by atoms with van der Waals surface area (Å²) >= 11 is 0. The minimum absolute atomic E-state index is 0.249. The molecule has 0 aromatic rings. The number of hydrogen-bond donors (Lipinski definition) is 1. The van der Waals surface area contributed by atoms with Gasteiger partial charge in [0, 0.05) is 12.1 Å². The van der Waals surface area contributed by atoms with Crippen molar-refractivity contribution in [1.82, 2.24) is 4.90 Å². The standard InChI is InChI=1S/C12H24N2O2S/c1-14(12-6-7-17(15,16)9-12)11-4-2-10(8-13)3-5-11/h10-12H,2-9,13H2,1H3. The third-order valence-corrected chi connectivity index (χ3v) is 6.26. The molecule has 2 N–H and O–H groups in total. The van der Waals surface area contributed by atoms with Gasteiger partial charge in [0.25, 0.3) is 0 Å². The molecule has 1 saturated carbocycles. The average molecular weight is 260 g/mol. The van der Waals surface area contributed by atoms with E-state index in [2.05, 4.69) is 11.9 Å². The molecule has 1 heterocycles. The van der Waals surface area contributed by atoms with Crippen LogP contribution in [0.3, 0.4) is 0 Å². The van der Waals surface area contributed by atoms with Crippen LogP contribution in [-0.2, 0) is 9.84 Å². The van der Waals surface area contributed by atoms with E-state index in [1.807, 2.05) is 0 Å². The molecular formula is C12H24N2O2S. The molecule has 100 valence electrons. The molecule has 4 nitrogen and oxygen atoms in total. The SMILES string of the molecule is CN(C1CCC(CN)CC1)C1CCS(=O)(=O)C1. The van der Waals surface area contributed by atoms with Crippen LogP contribution in [0.2, 0.25) is 0 Å². The van der Waals surface area contributed by atoms with E-state index < -0.39 is 9.84 Å². The van der Waals surface area contributed by atoms with Gasteiger partial charge in [0.2, 0.25) is 0 Å². The van der Waals surface area contributed by atoms with Gasteiger partial charge in [0.1, 0.15) is 0 Å². The Morgan fingerprint density at radius 1 is 1.12 bits per heavy atom. The van der Waals surface area contributed by atoms with Crippen LogP contribution < -0.4 is 5.73 Å². The van der Waals surface area contributed by atoms with Crippen LogP contribution >= 0.6 is 0 Å². The van der Waals surface area contributed by atoms with E-state index in [1.54, 1.807) is 0 Å². The minimum atomic E-state index is -2.76. The van der Waals surface area contributed by atoms with E-state index in [9.17, 15) is 8.42 Å². The molecule has 2 fully saturated rings. The summed E-state index contributed by atoms with van der Waals surface area (Å²) in [5.41, 5.74) is 5.69. The highest BCUT2D eigenvalue weighted by Gasteiger charge is 2.34. The molecule has 1 aliphatic carbocycles. The maximum Gasteiger partial charge on any atom is 0.151 e. The van der Waals surface area contributed by atoms with Crippen molar-refractivity contribution in [2.75, 3.05) is 25.1 Å². The Bertz CT molecular complexity index is 348. The Morgan fingerprint density at radius 2 is 1.76 bits per heavy atom. The van der Waals surface area contributed by atoms with Gasteiger partial charge in [-0.3, -0.25) is 4.90 Å². The first-order valence-corrected chi connectivity index (χ1v) is 8.46. The van der Waals surface area contributed by atoms with Crippen molar-refractivity contribution in [3.63, 3.8) is 0 Å². The number of nitrogens with two attached hydrogens (primary N) is 1. The van der Waals surface area contributed by atoms with Crippen LogP contribution in [0.25, 0.3) is 0 Å². The molecule has 1 saturated heterocycles. The molecule has 1 atom stereocenters. The van der Waals surface area contributed by atoms with E-state index in [4.69, 9.17) is 5.73 Å². The summed E-state index contributed by atoms with van der Waals surface area (Å²) in [4.78, 5) is 2.32. The summed E-state index contributed by atoms with van der Waals surface area (Å²) in [6.45, 7) is 0.800. The summed E-state index contributed by atoms with van der Waals surface area (Å²) in [6, 6.07) is 0.815. The fourth-order valence-corrected chi connectivity index (χ4v) is 4.97. The van der Waals surface area contributed by atoms with Crippen molar-refractivity contribution in [1.29, 1.82) is 0 Å². The van der Waals surface area contributed by atoms with Gasteiger partial charge in [-0.1, -0.05) is 0 Å². The van der Waals surface area contributed by atoms with Crippen LogP contribution in [0, 0.1) is 5.92 Å². The average Bonchev–Trinajstić information content (AvgIpc) is 2.69. The molecule has 0 radical (unpaired) electrons. The zero-order valence-corrected chi connectivity index (χ0v) is 11.5. The van der Waals surface area contributed by atoms with Crippen LogP contribution in [0.15, 0.2) is 0 Å². The Kier molecular flexibility index (Phi) is 4.10. The molecule has 0 aromatic carbocycles. The first-order chi connectivity index (χ1) is 8.02. The van der Waals surface area contributed by atoms with Crippen LogP contribution in [0.1, 0.15) is 32.1 Å². The lowest BCUT2D eigenvalue weighted by molar-refractivity contribution is 0.131. The Labute approximate surface area is 104 Å². The van der Waals surface area contributed by atoms with Crippen molar-refractivity contribution in [2.24, 2.45) is 11.7 Å². The Balaban J connectivity index is 1.87. The summed E-state index contributed by atoms with van der Waals surface area (Å²) < 4.78 is 23.0. The van der Waals surface area contributed by atoms with Crippen molar-refractivity contribution in [2.45, 2.75) is 44.2 Å². The maximum atomic E-state index is 11.5. The van der Waals surface area contributed by atoms with E-state index in [0.717, 1.165) is 13.0 Å². The lowest BCUT2D eigenvalue weighted by Crippen LogP contribution is -2.43. The number of sulfone groups is 1. The summed E-state index contributed by atoms with van der Waals surface area (Å²) in [5, 5.41) is 0. The topological polar surface area (TPSA) is 63.4 Å². The van der Waals surface area contributed by atoms with E-state index in [0.29, 0.717) is 23.5 Å². The fourth-order valence-electron chi connectivity index (χ4n) is 3.18. The molecule has 5 heteroatoms. The maximum absolute atomic E-state index is 11.5. The highest BCUT2D eigenvalue weighted by Crippen LogP contribution is 2.29. The number of nitrogens with zero attached hydrogens (tertiary/aromatic N) is 1. The molecular weight excluding hydrogens is 236 g/mol. The van der Waals surface area contributed by atoms with Gasteiger partial charge in [-0.05, 0) is 51.6 Å². The van der Waals surface area contributed by atoms with Gasteiger partial charge in [-0.2, -0.15) is 0 Å². The van der Waals surface area contributed by atoms with Crippen molar-refractivity contribution >= 4 is 9.84 Å². The van der Waals surface area contributed by atoms with E-state index in [1.165, 1.54) is 25.7 Å². The second-order valence-corrected chi connectivity index (χ2v) is 7.86.